The molecule has 0 fully saturated rings. The maximum atomic E-state index is 11.2. The fourth-order valence-corrected chi connectivity index (χ4v) is 3.49. The third-order valence-electron chi connectivity index (χ3n) is 2.43. The van der Waals surface area contributed by atoms with Gasteiger partial charge in [0.2, 0.25) is 0 Å². The van der Waals surface area contributed by atoms with Gasteiger partial charge in [-0.05, 0) is 38.8 Å². The number of rotatable bonds is 14. The van der Waals surface area contributed by atoms with E-state index in [9.17, 15) is 16.8 Å². The zero-order valence-corrected chi connectivity index (χ0v) is 14.5. The summed E-state index contributed by atoms with van der Waals surface area (Å²) in [6.07, 6.45) is 2.25. The summed E-state index contributed by atoms with van der Waals surface area (Å²) in [5.41, 5.74) is 0. The van der Waals surface area contributed by atoms with Gasteiger partial charge in [0.25, 0.3) is 20.2 Å². The predicted octanol–water partition coefficient (Wildman–Crippen LogP) is 0.869. The molecule has 0 aliphatic carbocycles. The second kappa shape index (κ2) is 11.4. The van der Waals surface area contributed by atoms with Crippen molar-refractivity contribution < 1.29 is 25.2 Å². The molecule has 0 aliphatic heterocycles. The largest absolute Gasteiger partial charge is 0.317 e. The molecule has 0 radical (unpaired) electrons. The minimum absolute atomic E-state index is 0.0456. The molecule has 0 aromatic heterocycles. The molecule has 0 saturated heterocycles. The van der Waals surface area contributed by atoms with E-state index in [0.717, 1.165) is 0 Å². The van der Waals surface area contributed by atoms with E-state index in [-0.39, 0.29) is 24.7 Å². The van der Waals surface area contributed by atoms with E-state index in [0.29, 0.717) is 38.8 Å². The SMILES string of the molecule is CCCS(=O)(=O)OCCCNCCCOS(=O)(=O)CCC. The molecule has 9 heteroatoms. The van der Waals surface area contributed by atoms with Crippen molar-refractivity contribution in [3.05, 3.63) is 0 Å². The molecule has 0 atom stereocenters. The second-order valence-corrected chi connectivity index (χ2v) is 8.14. The summed E-state index contributed by atoms with van der Waals surface area (Å²) in [5, 5.41) is 3.07. The number of hydrogen-bond donors (Lipinski definition) is 1. The lowest BCUT2D eigenvalue weighted by Crippen LogP contribution is -2.21. The van der Waals surface area contributed by atoms with Crippen LogP contribution < -0.4 is 5.32 Å². The standard InChI is InChI=1S/C12H27NO6S2/c1-3-11-20(14,15)18-9-5-7-13-8-6-10-19-21(16,17)12-4-2/h13H,3-12H2,1-2H3. The lowest BCUT2D eigenvalue weighted by Gasteiger charge is -2.07. The summed E-state index contributed by atoms with van der Waals surface area (Å²) in [5.74, 6) is 0.0913. The van der Waals surface area contributed by atoms with Crippen LogP contribution in [0.4, 0.5) is 0 Å². The van der Waals surface area contributed by atoms with Crippen molar-refractivity contribution >= 4 is 20.2 Å². The first-order chi connectivity index (χ1) is 9.83. The highest BCUT2D eigenvalue weighted by Crippen LogP contribution is 1.98. The van der Waals surface area contributed by atoms with E-state index < -0.39 is 20.2 Å². The fraction of sp³-hybridized carbons (Fsp3) is 1.00. The summed E-state index contributed by atoms with van der Waals surface area (Å²) < 4.78 is 54.5. The quantitative estimate of drug-likeness (QED) is 0.368. The molecular formula is C12H27NO6S2. The molecule has 0 heterocycles. The van der Waals surface area contributed by atoms with Crippen molar-refractivity contribution in [1.29, 1.82) is 0 Å². The van der Waals surface area contributed by atoms with Gasteiger partial charge >= 0.3 is 0 Å². The Morgan fingerprint density at radius 3 is 1.48 bits per heavy atom. The summed E-state index contributed by atoms with van der Waals surface area (Å²) >= 11 is 0. The van der Waals surface area contributed by atoms with Crippen LogP contribution in [0.3, 0.4) is 0 Å². The van der Waals surface area contributed by atoms with E-state index in [2.05, 4.69) is 5.32 Å². The van der Waals surface area contributed by atoms with Gasteiger partial charge < -0.3 is 5.32 Å². The maximum Gasteiger partial charge on any atom is 0.267 e. The van der Waals surface area contributed by atoms with Crippen LogP contribution in [0.15, 0.2) is 0 Å². The van der Waals surface area contributed by atoms with Crippen LogP contribution in [-0.2, 0) is 28.6 Å². The number of nitrogens with one attached hydrogen (secondary N) is 1. The lowest BCUT2D eigenvalue weighted by atomic mass is 10.4. The lowest BCUT2D eigenvalue weighted by molar-refractivity contribution is 0.301. The molecular weight excluding hydrogens is 318 g/mol. The highest BCUT2D eigenvalue weighted by molar-refractivity contribution is 7.86. The molecule has 0 spiro atoms. The Morgan fingerprint density at radius 2 is 1.14 bits per heavy atom. The first kappa shape index (κ1) is 20.8. The van der Waals surface area contributed by atoms with Gasteiger partial charge in [0.15, 0.2) is 0 Å². The second-order valence-electron chi connectivity index (χ2n) is 4.62. The van der Waals surface area contributed by atoms with Crippen molar-refractivity contribution in [3.63, 3.8) is 0 Å². The Hall–Kier alpha value is -0.220. The third kappa shape index (κ3) is 13.2. The molecule has 1 N–H and O–H groups in total. The summed E-state index contributed by atoms with van der Waals surface area (Å²) in [4.78, 5) is 0. The Morgan fingerprint density at radius 1 is 0.762 bits per heavy atom. The molecule has 0 saturated carbocycles. The van der Waals surface area contributed by atoms with E-state index in [1.54, 1.807) is 13.8 Å². The molecule has 0 aliphatic rings. The molecule has 0 aromatic carbocycles. The molecule has 0 amide bonds. The van der Waals surface area contributed by atoms with Gasteiger partial charge in [0.1, 0.15) is 0 Å². The van der Waals surface area contributed by atoms with Crippen molar-refractivity contribution in [2.24, 2.45) is 0 Å². The predicted molar refractivity (Wildman–Crippen MR) is 82.2 cm³/mol. The van der Waals surface area contributed by atoms with Crippen LogP contribution in [0.25, 0.3) is 0 Å². The Kier molecular flexibility index (Phi) is 11.2. The van der Waals surface area contributed by atoms with Crippen molar-refractivity contribution in [2.45, 2.75) is 39.5 Å². The molecule has 0 unspecified atom stereocenters. The molecule has 0 aromatic rings. The van der Waals surface area contributed by atoms with Crippen LogP contribution in [-0.4, -0.2) is 54.6 Å². The zero-order chi connectivity index (χ0) is 16.2. The van der Waals surface area contributed by atoms with Gasteiger partial charge in [-0.15, -0.1) is 0 Å². The summed E-state index contributed by atoms with van der Waals surface area (Å²) in [7, 11) is -6.74. The molecule has 21 heavy (non-hydrogen) atoms. The van der Waals surface area contributed by atoms with Crippen molar-refractivity contribution in [3.8, 4) is 0 Å². The van der Waals surface area contributed by atoms with Crippen LogP contribution in [0, 0.1) is 0 Å². The minimum Gasteiger partial charge on any atom is -0.317 e. The average Bonchev–Trinajstić information content (AvgIpc) is 2.36. The van der Waals surface area contributed by atoms with Crippen LogP contribution in [0.5, 0.6) is 0 Å². The van der Waals surface area contributed by atoms with Gasteiger partial charge in [-0.25, -0.2) is 0 Å². The highest BCUT2D eigenvalue weighted by Gasteiger charge is 2.09. The molecule has 128 valence electrons. The normalized spacial score (nSPS) is 12.7. The summed E-state index contributed by atoms with van der Waals surface area (Å²) in [6, 6.07) is 0. The fourth-order valence-electron chi connectivity index (χ4n) is 1.51. The van der Waals surface area contributed by atoms with Crippen LogP contribution in [0.2, 0.25) is 0 Å². The van der Waals surface area contributed by atoms with Crippen LogP contribution >= 0.6 is 0 Å². The Balaban J connectivity index is 3.46. The highest BCUT2D eigenvalue weighted by atomic mass is 32.2. The summed E-state index contributed by atoms with van der Waals surface area (Å²) in [6.45, 7) is 5.12. The van der Waals surface area contributed by atoms with Gasteiger partial charge in [-0.1, -0.05) is 13.8 Å². The maximum absolute atomic E-state index is 11.2. The van der Waals surface area contributed by atoms with E-state index >= 15 is 0 Å². The van der Waals surface area contributed by atoms with Crippen LogP contribution in [0.1, 0.15) is 39.5 Å². The molecule has 7 nitrogen and oxygen atoms in total. The first-order valence-corrected chi connectivity index (χ1v) is 10.4. The number of hydrogen-bond acceptors (Lipinski definition) is 7. The minimum atomic E-state index is -3.37. The monoisotopic (exact) mass is 345 g/mol. The van der Waals surface area contributed by atoms with Crippen molar-refractivity contribution in [1.82, 2.24) is 5.32 Å². The topological polar surface area (TPSA) is 98.8 Å². The van der Waals surface area contributed by atoms with E-state index in [1.165, 1.54) is 0 Å². The van der Waals surface area contributed by atoms with E-state index in [4.69, 9.17) is 8.37 Å². The first-order valence-electron chi connectivity index (χ1n) is 7.28. The molecule has 0 rings (SSSR count). The Labute approximate surface area is 128 Å². The average molecular weight is 345 g/mol. The van der Waals surface area contributed by atoms with Gasteiger partial charge in [0.05, 0.1) is 24.7 Å². The van der Waals surface area contributed by atoms with Gasteiger partial charge in [-0.2, -0.15) is 16.8 Å². The van der Waals surface area contributed by atoms with Gasteiger partial charge in [-0.3, -0.25) is 8.37 Å². The van der Waals surface area contributed by atoms with Gasteiger partial charge in [0, 0.05) is 0 Å². The third-order valence-corrected chi connectivity index (χ3v) is 5.30. The smallest absolute Gasteiger partial charge is 0.267 e. The Bertz CT molecular complexity index is 404. The van der Waals surface area contributed by atoms with Crippen molar-refractivity contribution in [2.75, 3.05) is 37.8 Å². The molecule has 0 bridgehead atoms. The zero-order valence-electron chi connectivity index (χ0n) is 12.8. The van der Waals surface area contributed by atoms with E-state index in [1.807, 2.05) is 0 Å².